The Bertz CT molecular complexity index is 947. The molecule has 0 unspecified atom stereocenters. The van der Waals surface area contributed by atoms with E-state index in [1.54, 1.807) is 30.9 Å². The van der Waals surface area contributed by atoms with Crippen LogP contribution in [0, 0.1) is 0 Å². The molecule has 0 saturated carbocycles. The van der Waals surface area contributed by atoms with Crippen molar-refractivity contribution in [2.45, 2.75) is 52.2 Å². The molecular formula is C25H32N2O5. The van der Waals surface area contributed by atoms with Gasteiger partial charge < -0.3 is 19.1 Å². The smallest absolute Gasteiger partial charge is 0.410 e. The molecule has 2 atom stereocenters. The number of anilines is 1. The molecule has 0 aliphatic carbocycles. The lowest BCUT2D eigenvalue weighted by Crippen LogP contribution is -2.47. The summed E-state index contributed by atoms with van der Waals surface area (Å²) in [5.41, 5.74) is 2.58. The van der Waals surface area contributed by atoms with E-state index in [1.165, 1.54) is 0 Å². The number of nitrogens with zero attached hydrogens (tertiary/aromatic N) is 2. The molecule has 172 valence electrons. The molecule has 0 spiro atoms. The van der Waals surface area contributed by atoms with Gasteiger partial charge in [-0.15, -0.1) is 0 Å². The summed E-state index contributed by atoms with van der Waals surface area (Å²) in [6, 6.07) is 13.1. The molecule has 2 aromatic carbocycles. The summed E-state index contributed by atoms with van der Waals surface area (Å²) >= 11 is 0. The minimum Gasteiger partial charge on any atom is -0.493 e. The third-order valence-corrected chi connectivity index (χ3v) is 5.80. The van der Waals surface area contributed by atoms with Gasteiger partial charge >= 0.3 is 6.09 Å². The molecule has 0 fully saturated rings. The van der Waals surface area contributed by atoms with Crippen molar-refractivity contribution in [1.82, 2.24) is 4.90 Å². The maximum atomic E-state index is 13.1. The Balaban J connectivity index is 2.14. The normalized spacial score (nSPS) is 17.3. The molecular weight excluding hydrogens is 408 g/mol. The summed E-state index contributed by atoms with van der Waals surface area (Å²) < 4.78 is 16.5. The summed E-state index contributed by atoms with van der Waals surface area (Å²) in [5, 5.41) is 0. The maximum Gasteiger partial charge on any atom is 0.410 e. The van der Waals surface area contributed by atoms with E-state index in [0.717, 1.165) is 16.8 Å². The minimum atomic E-state index is -0.385. The van der Waals surface area contributed by atoms with Gasteiger partial charge in [-0.05, 0) is 31.9 Å². The van der Waals surface area contributed by atoms with Gasteiger partial charge in [-0.1, -0.05) is 37.3 Å². The van der Waals surface area contributed by atoms with Gasteiger partial charge in [0.05, 0.1) is 32.6 Å². The predicted octanol–water partition coefficient (Wildman–Crippen LogP) is 4.94. The summed E-state index contributed by atoms with van der Waals surface area (Å²) in [6.07, 6.45) is 0.582. The standard InChI is InChI=1S/C25H32N2O5/c1-6-24(28)27-17(3)13-20(19-14-22(30-4)23(31-5)15-21(19)27)26(25(29)32-7-2)16-18-11-9-8-10-12-18/h8-12,14-15,17,20H,6-7,13,16H2,1-5H3/t17-,20+/m0/s1. The lowest BCUT2D eigenvalue weighted by molar-refractivity contribution is -0.118. The van der Waals surface area contributed by atoms with Crippen molar-refractivity contribution in [2.75, 3.05) is 25.7 Å². The van der Waals surface area contributed by atoms with Gasteiger partial charge in [0.1, 0.15) is 0 Å². The minimum absolute atomic E-state index is 0.0233. The van der Waals surface area contributed by atoms with Crippen LogP contribution < -0.4 is 14.4 Å². The second kappa shape index (κ2) is 10.4. The van der Waals surface area contributed by atoms with Gasteiger partial charge in [-0.2, -0.15) is 0 Å². The molecule has 7 heteroatoms. The van der Waals surface area contributed by atoms with Gasteiger partial charge in [-0.3, -0.25) is 9.69 Å². The molecule has 1 aliphatic rings. The Labute approximate surface area is 189 Å². The number of hydrogen-bond acceptors (Lipinski definition) is 5. The number of carbonyl (C=O) groups is 2. The lowest BCUT2D eigenvalue weighted by Gasteiger charge is -2.43. The van der Waals surface area contributed by atoms with Crippen molar-refractivity contribution >= 4 is 17.7 Å². The summed E-state index contributed by atoms with van der Waals surface area (Å²) in [5.74, 6) is 1.12. The molecule has 2 aromatic rings. The van der Waals surface area contributed by atoms with Crippen molar-refractivity contribution in [3.8, 4) is 11.5 Å². The second-order valence-electron chi connectivity index (χ2n) is 7.80. The number of carbonyl (C=O) groups excluding carboxylic acids is 2. The van der Waals surface area contributed by atoms with Gasteiger partial charge in [-0.25, -0.2) is 4.79 Å². The molecule has 2 amide bonds. The monoisotopic (exact) mass is 440 g/mol. The highest BCUT2D eigenvalue weighted by Crippen LogP contribution is 2.46. The van der Waals surface area contributed by atoms with Crippen LogP contribution in [0.5, 0.6) is 11.5 Å². The fraction of sp³-hybridized carbons (Fsp3) is 0.440. The van der Waals surface area contributed by atoms with Crippen LogP contribution in [0.15, 0.2) is 42.5 Å². The number of ether oxygens (including phenoxy) is 3. The summed E-state index contributed by atoms with van der Waals surface area (Å²) in [4.78, 5) is 29.5. The number of methoxy groups -OCH3 is 2. The zero-order chi connectivity index (χ0) is 23.3. The van der Waals surface area contributed by atoms with Crippen LogP contribution in [-0.2, 0) is 16.1 Å². The SMILES string of the molecule is CCOC(=O)N(Cc1ccccc1)[C@@H]1C[C@H](C)N(C(=O)CC)c2cc(OC)c(OC)cc21. The van der Waals surface area contributed by atoms with E-state index < -0.39 is 0 Å². The van der Waals surface area contributed by atoms with Crippen LogP contribution in [0.25, 0.3) is 0 Å². The van der Waals surface area contributed by atoms with Gasteiger partial charge in [0, 0.05) is 30.6 Å². The Morgan fingerprint density at radius 1 is 1.06 bits per heavy atom. The van der Waals surface area contributed by atoms with E-state index in [1.807, 2.05) is 56.3 Å². The van der Waals surface area contributed by atoms with Crippen LogP contribution in [0.2, 0.25) is 0 Å². The average Bonchev–Trinajstić information content (AvgIpc) is 2.81. The number of rotatable bonds is 7. The van der Waals surface area contributed by atoms with Crippen molar-refractivity contribution < 1.29 is 23.8 Å². The molecule has 32 heavy (non-hydrogen) atoms. The first-order chi connectivity index (χ1) is 15.4. The third-order valence-electron chi connectivity index (χ3n) is 5.80. The predicted molar refractivity (Wildman–Crippen MR) is 123 cm³/mol. The zero-order valence-corrected chi connectivity index (χ0v) is 19.5. The first-order valence-electron chi connectivity index (χ1n) is 11.0. The molecule has 0 N–H and O–H groups in total. The highest BCUT2D eigenvalue weighted by Gasteiger charge is 2.39. The molecule has 0 aromatic heterocycles. The van der Waals surface area contributed by atoms with E-state index in [9.17, 15) is 9.59 Å². The lowest BCUT2D eigenvalue weighted by atomic mass is 9.89. The van der Waals surface area contributed by atoms with E-state index in [4.69, 9.17) is 14.2 Å². The van der Waals surface area contributed by atoms with Gasteiger partial charge in [0.15, 0.2) is 11.5 Å². The summed E-state index contributed by atoms with van der Waals surface area (Å²) in [6.45, 7) is 6.33. The van der Waals surface area contributed by atoms with Gasteiger partial charge in [0.25, 0.3) is 0 Å². The summed E-state index contributed by atoms with van der Waals surface area (Å²) in [7, 11) is 3.15. The Morgan fingerprint density at radius 3 is 2.31 bits per heavy atom. The van der Waals surface area contributed by atoms with E-state index in [-0.39, 0.29) is 30.7 Å². The molecule has 1 aliphatic heterocycles. The highest BCUT2D eigenvalue weighted by molar-refractivity contribution is 5.96. The second-order valence-corrected chi connectivity index (χ2v) is 7.80. The first kappa shape index (κ1) is 23.4. The Kier molecular flexibility index (Phi) is 7.62. The van der Waals surface area contributed by atoms with Crippen LogP contribution >= 0.6 is 0 Å². The Morgan fingerprint density at radius 2 is 1.72 bits per heavy atom. The number of hydrogen-bond donors (Lipinski definition) is 0. The van der Waals surface area contributed by atoms with Crippen LogP contribution in [0.3, 0.4) is 0 Å². The fourth-order valence-corrected chi connectivity index (χ4v) is 4.29. The fourth-order valence-electron chi connectivity index (χ4n) is 4.29. The van der Waals surface area contributed by atoms with E-state index in [2.05, 4.69) is 0 Å². The molecule has 1 heterocycles. The molecule has 3 rings (SSSR count). The number of fused-ring (bicyclic) bond motifs is 1. The zero-order valence-electron chi connectivity index (χ0n) is 19.5. The molecule has 7 nitrogen and oxygen atoms in total. The van der Waals surface area contributed by atoms with Crippen molar-refractivity contribution in [2.24, 2.45) is 0 Å². The molecule has 0 saturated heterocycles. The molecule has 0 bridgehead atoms. The van der Waals surface area contributed by atoms with Crippen LogP contribution in [0.1, 0.15) is 50.8 Å². The number of amides is 2. The van der Waals surface area contributed by atoms with E-state index >= 15 is 0 Å². The average molecular weight is 441 g/mol. The van der Waals surface area contributed by atoms with Crippen molar-refractivity contribution in [1.29, 1.82) is 0 Å². The van der Waals surface area contributed by atoms with E-state index in [0.29, 0.717) is 30.9 Å². The first-order valence-corrected chi connectivity index (χ1v) is 11.0. The highest BCUT2D eigenvalue weighted by atomic mass is 16.6. The quantitative estimate of drug-likeness (QED) is 0.610. The third kappa shape index (κ3) is 4.66. The Hall–Kier alpha value is -3.22. The number of benzene rings is 2. The topological polar surface area (TPSA) is 68.3 Å². The largest absolute Gasteiger partial charge is 0.493 e. The van der Waals surface area contributed by atoms with Crippen LogP contribution in [-0.4, -0.2) is 43.8 Å². The van der Waals surface area contributed by atoms with Crippen molar-refractivity contribution in [3.63, 3.8) is 0 Å². The molecule has 0 radical (unpaired) electrons. The van der Waals surface area contributed by atoms with Gasteiger partial charge in [0.2, 0.25) is 5.91 Å². The maximum absolute atomic E-state index is 13.1. The van der Waals surface area contributed by atoms with Crippen LogP contribution in [0.4, 0.5) is 10.5 Å². The van der Waals surface area contributed by atoms with Crippen molar-refractivity contribution in [3.05, 3.63) is 53.6 Å².